The molecule has 3 amide bonds. The third-order valence-corrected chi connectivity index (χ3v) is 6.92. The number of benzene rings is 1. The second-order valence-electron chi connectivity index (χ2n) is 8.14. The van der Waals surface area contributed by atoms with Crippen LogP contribution in [0.5, 0.6) is 5.75 Å². The summed E-state index contributed by atoms with van der Waals surface area (Å²) in [7, 11) is -3.41. The molecule has 0 aromatic heterocycles. The van der Waals surface area contributed by atoms with E-state index in [0.29, 0.717) is 44.7 Å². The molecular weight excluding hydrogens is 406 g/mol. The molecule has 0 radical (unpaired) electrons. The second-order valence-corrected chi connectivity index (χ2v) is 10.0. The zero-order chi connectivity index (χ0) is 21.6. The number of imide groups is 1. The number of hydrogen-bond donors (Lipinski definition) is 2. The highest BCUT2D eigenvalue weighted by Crippen LogP contribution is 2.30. The van der Waals surface area contributed by atoms with Crippen molar-refractivity contribution in [2.75, 3.05) is 25.4 Å². The Kier molecular flexibility index (Phi) is 7.71. The van der Waals surface area contributed by atoms with Crippen molar-refractivity contribution in [3.05, 3.63) is 29.8 Å². The summed E-state index contributed by atoms with van der Waals surface area (Å²) in [6.45, 7) is 3.49. The van der Waals surface area contributed by atoms with Crippen LogP contribution < -0.4 is 14.8 Å². The summed E-state index contributed by atoms with van der Waals surface area (Å²) in [5, 5.41) is 2.29. The van der Waals surface area contributed by atoms with Crippen molar-refractivity contribution in [3.63, 3.8) is 0 Å². The summed E-state index contributed by atoms with van der Waals surface area (Å²) in [6, 6.07) is 6.86. The van der Waals surface area contributed by atoms with Crippen LogP contribution in [-0.4, -0.2) is 50.7 Å². The van der Waals surface area contributed by atoms with Gasteiger partial charge in [-0.3, -0.25) is 10.1 Å². The van der Waals surface area contributed by atoms with Crippen LogP contribution in [0.25, 0.3) is 0 Å². The first-order valence-electron chi connectivity index (χ1n) is 10.6. The van der Waals surface area contributed by atoms with Crippen LogP contribution in [0.4, 0.5) is 4.79 Å². The van der Waals surface area contributed by atoms with E-state index in [1.165, 1.54) is 12.8 Å². The summed E-state index contributed by atoms with van der Waals surface area (Å²) in [4.78, 5) is 24.4. The first-order chi connectivity index (χ1) is 14.3. The second kappa shape index (κ2) is 10.3. The molecule has 30 heavy (non-hydrogen) atoms. The van der Waals surface area contributed by atoms with Crippen molar-refractivity contribution < 1.29 is 22.7 Å². The van der Waals surface area contributed by atoms with Crippen molar-refractivity contribution in [1.82, 2.24) is 14.9 Å². The quantitative estimate of drug-likeness (QED) is 0.489. The molecule has 1 atom stereocenters. The van der Waals surface area contributed by atoms with Gasteiger partial charge >= 0.3 is 6.03 Å². The first-order valence-corrected chi connectivity index (χ1v) is 12.3. The lowest BCUT2D eigenvalue weighted by Gasteiger charge is -2.26. The number of sulfonamides is 1. The Hall–Kier alpha value is -2.13. The number of nitrogens with zero attached hydrogens (tertiary/aromatic N) is 1. The van der Waals surface area contributed by atoms with Gasteiger partial charge < -0.3 is 9.64 Å². The standard InChI is InChI=1S/C21H31N3O5S/c1-16(18-6-5-7-19(14-18)29-15-17-8-9-17)23-30(27,28)13-4-2-3-11-24-12-10-20(25)22-21(24)26/h5-7,14,16-17,23H,2-4,8-13,15H2,1H3,(H,22,25,26)/t16-/m1/s1. The van der Waals surface area contributed by atoms with Gasteiger partial charge in [0.15, 0.2) is 0 Å². The Labute approximate surface area is 178 Å². The van der Waals surface area contributed by atoms with Crippen LogP contribution in [0.3, 0.4) is 0 Å². The molecule has 0 bridgehead atoms. The van der Waals surface area contributed by atoms with Gasteiger partial charge in [-0.2, -0.15) is 0 Å². The maximum Gasteiger partial charge on any atom is 0.324 e. The molecule has 0 spiro atoms. The molecule has 1 aliphatic heterocycles. The summed E-state index contributed by atoms with van der Waals surface area (Å²) < 4.78 is 33.4. The minimum Gasteiger partial charge on any atom is -0.493 e. The molecule has 9 heteroatoms. The fraction of sp³-hybridized carbons (Fsp3) is 0.619. The zero-order valence-electron chi connectivity index (χ0n) is 17.4. The van der Waals surface area contributed by atoms with E-state index in [-0.39, 0.29) is 23.7 Å². The molecule has 0 unspecified atom stereocenters. The Morgan fingerprint density at radius 2 is 2.03 bits per heavy atom. The van der Waals surface area contributed by atoms with Crippen LogP contribution in [0.1, 0.15) is 57.1 Å². The number of ether oxygens (including phenoxy) is 1. The molecule has 1 aromatic rings. The Bertz CT molecular complexity index is 854. The number of nitrogens with one attached hydrogen (secondary N) is 2. The largest absolute Gasteiger partial charge is 0.493 e. The lowest BCUT2D eigenvalue weighted by molar-refractivity contribution is -0.121. The third-order valence-electron chi connectivity index (χ3n) is 5.38. The summed E-state index contributed by atoms with van der Waals surface area (Å²) >= 11 is 0. The van der Waals surface area contributed by atoms with Gasteiger partial charge in [0, 0.05) is 25.6 Å². The van der Waals surface area contributed by atoms with Crippen LogP contribution in [0.2, 0.25) is 0 Å². The van der Waals surface area contributed by atoms with E-state index in [2.05, 4.69) is 10.0 Å². The van der Waals surface area contributed by atoms with Crippen LogP contribution in [0.15, 0.2) is 24.3 Å². The van der Waals surface area contributed by atoms with E-state index in [1.807, 2.05) is 31.2 Å². The highest BCUT2D eigenvalue weighted by Gasteiger charge is 2.23. The van der Waals surface area contributed by atoms with Crippen molar-refractivity contribution in [2.24, 2.45) is 5.92 Å². The number of unbranched alkanes of at least 4 members (excludes halogenated alkanes) is 2. The number of carbonyl (C=O) groups excluding carboxylic acids is 2. The maximum absolute atomic E-state index is 12.4. The highest BCUT2D eigenvalue weighted by atomic mass is 32.2. The van der Waals surface area contributed by atoms with Gasteiger partial charge in [0.2, 0.25) is 15.9 Å². The molecule has 1 aliphatic carbocycles. The van der Waals surface area contributed by atoms with Crippen molar-refractivity contribution in [3.8, 4) is 5.75 Å². The van der Waals surface area contributed by atoms with Gasteiger partial charge in [-0.05, 0) is 56.2 Å². The van der Waals surface area contributed by atoms with Gasteiger partial charge in [-0.15, -0.1) is 0 Å². The van der Waals surface area contributed by atoms with E-state index in [4.69, 9.17) is 4.74 Å². The Balaban J connectivity index is 1.37. The first kappa shape index (κ1) is 22.6. The average Bonchev–Trinajstić information content (AvgIpc) is 3.52. The van der Waals surface area contributed by atoms with E-state index < -0.39 is 10.0 Å². The molecule has 8 nitrogen and oxygen atoms in total. The molecule has 1 heterocycles. The van der Waals surface area contributed by atoms with Crippen molar-refractivity contribution in [2.45, 2.75) is 51.5 Å². The summed E-state index contributed by atoms with van der Waals surface area (Å²) in [6.07, 6.45) is 4.67. The van der Waals surface area contributed by atoms with Gasteiger partial charge in [0.25, 0.3) is 0 Å². The molecule has 1 saturated heterocycles. The fourth-order valence-corrected chi connectivity index (χ4v) is 4.73. The van der Waals surface area contributed by atoms with Crippen molar-refractivity contribution in [1.29, 1.82) is 0 Å². The fourth-order valence-electron chi connectivity index (χ4n) is 3.35. The van der Waals surface area contributed by atoms with E-state index in [9.17, 15) is 18.0 Å². The Morgan fingerprint density at radius 3 is 2.77 bits per heavy atom. The molecule has 1 aromatic carbocycles. The SMILES string of the molecule is C[C@@H](NS(=O)(=O)CCCCCN1CCC(=O)NC1=O)c1cccc(OCC2CC2)c1. The molecular formula is C21H31N3O5S. The topological polar surface area (TPSA) is 105 Å². The van der Waals surface area contributed by atoms with Gasteiger partial charge in [-0.25, -0.2) is 17.9 Å². The smallest absolute Gasteiger partial charge is 0.324 e. The normalized spacial score (nSPS) is 18.2. The van der Waals surface area contributed by atoms with Crippen molar-refractivity contribution >= 4 is 22.0 Å². The number of urea groups is 1. The minimum absolute atomic E-state index is 0.0416. The molecule has 2 N–H and O–H groups in total. The Morgan fingerprint density at radius 1 is 1.23 bits per heavy atom. The zero-order valence-corrected chi connectivity index (χ0v) is 18.2. The molecule has 2 aliphatic rings. The predicted molar refractivity (Wildman–Crippen MR) is 114 cm³/mol. The van der Waals surface area contributed by atoms with E-state index >= 15 is 0 Å². The number of rotatable bonds is 12. The molecule has 166 valence electrons. The summed E-state index contributed by atoms with van der Waals surface area (Å²) in [5.41, 5.74) is 0.873. The maximum atomic E-state index is 12.4. The van der Waals surface area contributed by atoms with Gasteiger partial charge in [0.1, 0.15) is 5.75 Å². The predicted octanol–water partition coefficient (Wildman–Crippen LogP) is 2.57. The average molecular weight is 438 g/mol. The molecule has 1 saturated carbocycles. The monoisotopic (exact) mass is 437 g/mol. The van der Waals surface area contributed by atoms with Gasteiger partial charge in [-0.1, -0.05) is 18.6 Å². The lowest BCUT2D eigenvalue weighted by Crippen LogP contribution is -2.49. The highest BCUT2D eigenvalue weighted by molar-refractivity contribution is 7.89. The number of carbonyl (C=O) groups is 2. The van der Waals surface area contributed by atoms with Crippen LogP contribution in [0, 0.1) is 5.92 Å². The van der Waals surface area contributed by atoms with Crippen LogP contribution >= 0.6 is 0 Å². The van der Waals surface area contributed by atoms with Gasteiger partial charge in [0.05, 0.1) is 12.4 Å². The van der Waals surface area contributed by atoms with E-state index in [1.54, 1.807) is 4.90 Å². The number of hydrogen-bond acceptors (Lipinski definition) is 5. The minimum atomic E-state index is -3.41. The summed E-state index contributed by atoms with van der Waals surface area (Å²) in [5.74, 6) is 1.23. The molecule has 3 rings (SSSR count). The van der Waals surface area contributed by atoms with Crippen LogP contribution in [-0.2, 0) is 14.8 Å². The lowest BCUT2D eigenvalue weighted by atomic mass is 10.1. The molecule has 2 fully saturated rings. The number of amides is 3. The third kappa shape index (κ3) is 7.28. The van der Waals surface area contributed by atoms with E-state index in [0.717, 1.165) is 17.9 Å².